The van der Waals surface area contributed by atoms with E-state index in [1.165, 1.54) is 12.2 Å². The lowest BCUT2D eigenvalue weighted by molar-refractivity contribution is -0.129. The Morgan fingerprint density at radius 3 is 2.48 bits per heavy atom. The predicted octanol–water partition coefficient (Wildman–Crippen LogP) is 1.34. The minimum atomic E-state index is -0.739. The summed E-state index contributed by atoms with van der Waals surface area (Å²) in [7, 11) is 1.55. The van der Waals surface area contributed by atoms with Gasteiger partial charge >= 0.3 is 6.03 Å². The highest BCUT2D eigenvalue weighted by Gasteiger charge is 2.34. The summed E-state index contributed by atoms with van der Waals surface area (Å²) >= 11 is 0. The molecule has 6 heteroatoms. The van der Waals surface area contributed by atoms with Crippen LogP contribution in [0, 0.1) is 0 Å². The van der Waals surface area contributed by atoms with E-state index < -0.39 is 17.8 Å². The quantitative estimate of drug-likeness (QED) is 0.515. The van der Waals surface area contributed by atoms with Crippen LogP contribution in [-0.4, -0.2) is 36.4 Å². The number of urea groups is 1. The Balaban J connectivity index is 2.32. The number of nitrogens with zero attached hydrogens (tertiary/aromatic N) is 1. The molecule has 108 valence electrons. The number of hydrogen-bond acceptors (Lipinski definition) is 4. The molecular formula is C15H14N2O4. The van der Waals surface area contributed by atoms with Crippen molar-refractivity contribution in [3.8, 4) is 5.75 Å². The Morgan fingerprint density at radius 1 is 1.24 bits per heavy atom. The normalized spacial score (nSPS) is 16.9. The SMILES string of the molecule is C=CCN1C(=O)NC(=O)C(=Cc2ccc(OC)cc2)C1=O. The molecule has 1 heterocycles. The number of barbiturate groups is 1. The zero-order valence-corrected chi connectivity index (χ0v) is 11.5. The smallest absolute Gasteiger partial charge is 0.331 e. The van der Waals surface area contributed by atoms with Crippen molar-refractivity contribution in [2.45, 2.75) is 0 Å². The first kappa shape index (κ1) is 14.5. The second-order valence-electron chi connectivity index (χ2n) is 4.29. The van der Waals surface area contributed by atoms with Crippen molar-refractivity contribution in [3.63, 3.8) is 0 Å². The van der Waals surface area contributed by atoms with Crippen LogP contribution in [0.3, 0.4) is 0 Å². The fraction of sp³-hybridized carbons (Fsp3) is 0.133. The lowest BCUT2D eigenvalue weighted by Gasteiger charge is -2.25. The second-order valence-corrected chi connectivity index (χ2v) is 4.29. The molecule has 0 unspecified atom stereocenters. The number of benzene rings is 1. The zero-order valence-electron chi connectivity index (χ0n) is 11.5. The highest BCUT2D eigenvalue weighted by Crippen LogP contribution is 2.17. The molecule has 6 nitrogen and oxygen atoms in total. The standard InChI is InChI=1S/C15H14N2O4/c1-3-8-17-14(19)12(13(18)16-15(17)20)9-10-4-6-11(21-2)7-5-10/h3-7,9H,1,8H2,2H3,(H,16,18,20). The lowest BCUT2D eigenvalue weighted by Crippen LogP contribution is -2.54. The van der Waals surface area contributed by atoms with Gasteiger partial charge in [-0.25, -0.2) is 4.79 Å². The molecule has 0 spiro atoms. The summed E-state index contributed by atoms with van der Waals surface area (Å²) in [5.41, 5.74) is 0.559. The topological polar surface area (TPSA) is 75.7 Å². The Hall–Kier alpha value is -2.89. The summed E-state index contributed by atoms with van der Waals surface area (Å²) in [4.78, 5) is 36.4. The maximum Gasteiger partial charge on any atom is 0.331 e. The molecule has 0 saturated carbocycles. The summed E-state index contributed by atoms with van der Waals surface area (Å²) < 4.78 is 5.03. The van der Waals surface area contributed by atoms with Crippen molar-refractivity contribution in [1.82, 2.24) is 10.2 Å². The molecule has 0 radical (unpaired) electrons. The maximum absolute atomic E-state index is 12.2. The highest BCUT2D eigenvalue weighted by atomic mass is 16.5. The van der Waals surface area contributed by atoms with E-state index >= 15 is 0 Å². The van der Waals surface area contributed by atoms with Crippen LogP contribution in [0.1, 0.15) is 5.56 Å². The van der Waals surface area contributed by atoms with E-state index in [9.17, 15) is 14.4 Å². The zero-order chi connectivity index (χ0) is 15.4. The molecule has 0 aromatic heterocycles. The Labute approximate surface area is 121 Å². The average Bonchev–Trinajstić information content (AvgIpc) is 2.48. The number of carbonyl (C=O) groups is 3. The first-order valence-electron chi connectivity index (χ1n) is 6.20. The summed E-state index contributed by atoms with van der Waals surface area (Å²) in [6, 6.07) is 6.10. The second kappa shape index (κ2) is 6.04. The Morgan fingerprint density at radius 2 is 1.90 bits per heavy atom. The summed E-state index contributed by atoms with van der Waals surface area (Å²) in [5, 5.41) is 2.12. The van der Waals surface area contributed by atoms with Crippen molar-refractivity contribution in [2.75, 3.05) is 13.7 Å². The molecule has 1 N–H and O–H groups in total. The van der Waals surface area contributed by atoms with Crippen LogP contribution in [0.4, 0.5) is 4.79 Å². The monoisotopic (exact) mass is 286 g/mol. The molecular weight excluding hydrogens is 272 g/mol. The first-order chi connectivity index (χ1) is 10.1. The van der Waals surface area contributed by atoms with E-state index in [2.05, 4.69) is 11.9 Å². The molecule has 1 fully saturated rings. The first-order valence-corrected chi connectivity index (χ1v) is 6.20. The molecule has 1 aromatic carbocycles. The number of rotatable bonds is 4. The number of imide groups is 2. The van der Waals surface area contributed by atoms with Crippen molar-refractivity contribution >= 4 is 23.9 Å². The predicted molar refractivity (Wildman–Crippen MR) is 76.4 cm³/mol. The van der Waals surface area contributed by atoms with E-state index in [0.29, 0.717) is 11.3 Å². The Bertz CT molecular complexity index is 632. The number of carbonyl (C=O) groups excluding carboxylic acids is 3. The molecule has 1 aromatic rings. The van der Waals surface area contributed by atoms with E-state index in [1.807, 2.05) is 0 Å². The van der Waals surface area contributed by atoms with E-state index in [4.69, 9.17) is 4.74 Å². The molecule has 0 atom stereocenters. The lowest BCUT2D eigenvalue weighted by atomic mass is 10.1. The van der Waals surface area contributed by atoms with Gasteiger partial charge in [0, 0.05) is 6.54 Å². The van der Waals surface area contributed by atoms with Gasteiger partial charge in [-0.05, 0) is 23.8 Å². The van der Waals surface area contributed by atoms with Gasteiger partial charge < -0.3 is 4.74 Å². The number of methoxy groups -OCH3 is 1. The van der Waals surface area contributed by atoms with Crippen LogP contribution >= 0.6 is 0 Å². The van der Waals surface area contributed by atoms with Gasteiger partial charge in [0.1, 0.15) is 11.3 Å². The fourth-order valence-electron chi connectivity index (χ4n) is 1.86. The minimum Gasteiger partial charge on any atom is -0.497 e. The molecule has 0 aliphatic carbocycles. The van der Waals surface area contributed by atoms with E-state index in [1.54, 1.807) is 31.4 Å². The Kier molecular flexibility index (Phi) is 4.18. The third kappa shape index (κ3) is 3.00. The molecule has 1 aliphatic rings. The van der Waals surface area contributed by atoms with Gasteiger partial charge in [-0.15, -0.1) is 6.58 Å². The number of amides is 4. The van der Waals surface area contributed by atoms with Crippen LogP contribution in [0.15, 0.2) is 42.5 Å². The van der Waals surface area contributed by atoms with Gasteiger partial charge in [-0.3, -0.25) is 19.8 Å². The van der Waals surface area contributed by atoms with Crippen molar-refractivity contribution < 1.29 is 19.1 Å². The maximum atomic E-state index is 12.2. The molecule has 1 aliphatic heterocycles. The van der Waals surface area contributed by atoms with Crippen molar-refractivity contribution in [3.05, 3.63) is 48.1 Å². The molecule has 0 bridgehead atoms. The van der Waals surface area contributed by atoms with Crippen LogP contribution in [0.5, 0.6) is 5.75 Å². The average molecular weight is 286 g/mol. The summed E-state index contributed by atoms with van der Waals surface area (Å²) in [6.07, 6.45) is 2.85. The van der Waals surface area contributed by atoms with E-state index in [0.717, 1.165) is 4.90 Å². The number of nitrogens with one attached hydrogen (secondary N) is 1. The van der Waals surface area contributed by atoms with Gasteiger partial charge in [0.05, 0.1) is 7.11 Å². The molecule has 21 heavy (non-hydrogen) atoms. The van der Waals surface area contributed by atoms with Gasteiger partial charge in [0.15, 0.2) is 0 Å². The third-order valence-corrected chi connectivity index (χ3v) is 2.92. The largest absolute Gasteiger partial charge is 0.497 e. The third-order valence-electron chi connectivity index (χ3n) is 2.92. The van der Waals surface area contributed by atoms with Gasteiger partial charge in [-0.1, -0.05) is 18.2 Å². The summed E-state index contributed by atoms with van der Waals surface area (Å²) in [6.45, 7) is 3.52. The van der Waals surface area contributed by atoms with Gasteiger partial charge in [0.2, 0.25) is 0 Å². The summed E-state index contributed by atoms with van der Waals surface area (Å²) in [5.74, 6) is -0.680. The van der Waals surface area contributed by atoms with E-state index in [-0.39, 0.29) is 12.1 Å². The van der Waals surface area contributed by atoms with Crippen molar-refractivity contribution in [1.29, 1.82) is 0 Å². The van der Waals surface area contributed by atoms with Gasteiger partial charge in [0.25, 0.3) is 11.8 Å². The van der Waals surface area contributed by atoms with Crippen LogP contribution in [0.25, 0.3) is 6.08 Å². The van der Waals surface area contributed by atoms with Crippen molar-refractivity contribution in [2.24, 2.45) is 0 Å². The van der Waals surface area contributed by atoms with Crippen LogP contribution in [0.2, 0.25) is 0 Å². The minimum absolute atomic E-state index is 0.0396. The number of hydrogen-bond donors (Lipinski definition) is 1. The number of ether oxygens (including phenoxy) is 1. The fourth-order valence-corrected chi connectivity index (χ4v) is 1.86. The van der Waals surface area contributed by atoms with Crippen LogP contribution in [-0.2, 0) is 9.59 Å². The molecule has 2 rings (SSSR count). The molecule has 1 saturated heterocycles. The highest BCUT2D eigenvalue weighted by molar-refractivity contribution is 6.31. The van der Waals surface area contributed by atoms with Crippen LogP contribution < -0.4 is 10.1 Å². The van der Waals surface area contributed by atoms with Gasteiger partial charge in [-0.2, -0.15) is 0 Å². The molecule has 4 amide bonds.